The average Bonchev–Trinajstić information content (AvgIpc) is 3.26. The van der Waals surface area contributed by atoms with Crippen molar-refractivity contribution in [3.63, 3.8) is 0 Å². The minimum Gasteiger partial charge on any atom is -0.349 e. The molecule has 0 aliphatic carbocycles. The summed E-state index contributed by atoms with van der Waals surface area (Å²) in [7, 11) is 0. The fraction of sp³-hybridized carbons (Fsp3) is 0.438. The molecule has 0 spiro atoms. The van der Waals surface area contributed by atoms with Crippen molar-refractivity contribution in [3.8, 4) is 12.3 Å². The topological polar surface area (TPSA) is 84.0 Å². The molecule has 0 saturated carbocycles. The van der Waals surface area contributed by atoms with Crippen molar-refractivity contribution in [2.75, 3.05) is 0 Å². The van der Waals surface area contributed by atoms with E-state index in [2.05, 4.69) is 31.7 Å². The van der Waals surface area contributed by atoms with Crippen molar-refractivity contribution in [1.82, 2.24) is 19.9 Å². The molecule has 1 aliphatic rings. The zero-order valence-corrected chi connectivity index (χ0v) is 13.6. The van der Waals surface area contributed by atoms with Crippen LogP contribution in [0.2, 0.25) is 0 Å². The second kappa shape index (κ2) is 6.74. The highest BCUT2D eigenvalue weighted by Crippen LogP contribution is 2.37. The van der Waals surface area contributed by atoms with Gasteiger partial charge in [0.1, 0.15) is 0 Å². The fourth-order valence-electron chi connectivity index (χ4n) is 2.47. The van der Waals surface area contributed by atoms with E-state index in [4.69, 9.17) is 6.42 Å². The first-order chi connectivity index (χ1) is 12.3. The van der Waals surface area contributed by atoms with E-state index in [9.17, 15) is 18.0 Å². The highest BCUT2D eigenvalue weighted by atomic mass is 19.4. The van der Waals surface area contributed by atoms with Crippen molar-refractivity contribution in [2.45, 2.75) is 44.1 Å². The number of nitrogens with zero attached hydrogens (tertiary/aromatic N) is 5. The van der Waals surface area contributed by atoms with Gasteiger partial charge in [-0.3, -0.25) is 9.20 Å². The molecule has 0 unspecified atom stereocenters. The molecule has 10 heteroatoms. The number of nitrogens with one attached hydrogen (secondary N) is 1. The predicted molar refractivity (Wildman–Crippen MR) is 84.7 cm³/mol. The lowest BCUT2D eigenvalue weighted by Crippen LogP contribution is -2.25. The minimum absolute atomic E-state index is 0.0348. The van der Waals surface area contributed by atoms with Gasteiger partial charge in [-0.1, -0.05) is 0 Å². The Morgan fingerprint density at radius 3 is 2.69 bits per heavy atom. The number of rotatable bonds is 7. The van der Waals surface area contributed by atoms with Gasteiger partial charge in [0.2, 0.25) is 5.91 Å². The molecular weight excluding hydrogens is 349 g/mol. The van der Waals surface area contributed by atoms with Crippen LogP contribution in [0, 0.1) is 12.3 Å². The van der Waals surface area contributed by atoms with Crippen LogP contribution in [0.4, 0.5) is 13.2 Å². The average molecular weight is 364 g/mol. The third kappa shape index (κ3) is 3.99. The fourth-order valence-corrected chi connectivity index (χ4v) is 2.47. The molecule has 2 aromatic rings. The summed E-state index contributed by atoms with van der Waals surface area (Å²) in [6.07, 6.45) is 3.41. The Hall–Kier alpha value is -2.96. The molecule has 3 rings (SSSR count). The number of fused-ring (bicyclic) bond motifs is 1. The lowest BCUT2D eigenvalue weighted by molar-refractivity contribution is -0.137. The van der Waals surface area contributed by atoms with E-state index in [1.165, 1.54) is 10.5 Å². The first-order valence-corrected chi connectivity index (χ1v) is 7.88. The SMILES string of the molecule is C#CCCC1(CCC(=O)NCc2nnc3ccc(C(F)(F)F)cn23)N=N1. The van der Waals surface area contributed by atoms with Crippen LogP contribution in [0.5, 0.6) is 0 Å². The van der Waals surface area contributed by atoms with Gasteiger partial charge >= 0.3 is 6.18 Å². The molecule has 26 heavy (non-hydrogen) atoms. The normalized spacial score (nSPS) is 15.0. The van der Waals surface area contributed by atoms with Crippen molar-refractivity contribution in [1.29, 1.82) is 0 Å². The Labute approximate surface area is 146 Å². The zero-order valence-electron chi connectivity index (χ0n) is 13.6. The summed E-state index contributed by atoms with van der Waals surface area (Å²) >= 11 is 0. The molecule has 2 aromatic heterocycles. The lowest BCUT2D eigenvalue weighted by Gasteiger charge is -2.09. The molecule has 1 amide bonds. The van der Waals surface area contributed by atoms with E-state index < -0.39 is 17.4 Å². The first kappa shape index (κ1) is 17.8. The summed E-state index contributed by atoms with van der Waals surface area (Å²) in [4.78, 5) is 12.0. The number of amides is 1. The molecule has 0 fully saturated rings. The van der Waals surface area contributed by atoms with Gasteiger partial charge < -0.3 is 5.32 Å². The summed E-state index contributed by atoms with van der Waals surface area (Å²) in [5.41, 5.74) is -1.09. The van der Waals surface area contributed by atoms with Crippen molar-refractivity contribution in [3.05, 3.63) is 29.7 Å². The maximum Gasteiger partial charge on any atom is 0.417 e. The minimum atomic E-state index is -4.47. The van der Waals surface area contributed by atoms with Gasteiger partial charge in [0.15, 0.2) is 17.1 Å². The van der Waals surface area contributed by atoms with Crippen LogP contribution >= 0.6 is 0 Å². The molecule has 0 radical (unpaired) electrons. The Balaban J connectivity index is 1.58. The Kier molecular flexibility index (Phi) is 4.63. The second-order valence-corrected chi connectivity index (χ2v) is 5.92. The number of alkyl halides is 3. The number of carbonyl (C=O) groups is 1. The van der Waals surface area contributed by atoms with Gasteiger partial charge in [-0.2, -0.15) is 23.4 Å². The third-order valence-corrected chi connectivity index (χ3v) is 4.05. The molecule has 0 aromatic carbocycles. The number of aromatic nitrogens is 3. The standard InChI is InChI=1S/C16H15F3N6O/c1-2-3-7-15(23-24-15)8-6-14(26)20-9-13-22-21-12-5-4-11(10-25(12)13)16(17,18)19/h1,4-5,10H,3,6-9H2,(H,20,26). The largest absolute Gasteiger partial charge is 0.417 e. The van der Waals surface area contributed by atoms with Crippen molar-refractivity contribution in [2.24, 2.45) is 10.2 Å². The van der Waals surface area contributed by atoms with Gasteiger partial charge in [0.05, 0.1) is 12.1 Å². The van der Waals surface area contributed by atoms with Crippen molar-refractivity contribution < 1.29 is 18.0 Å². The van der Waals surface area contributed by atoms with Gasteiger partial charge in [-0.15, -0.1) is 22.5 Å². The van der Waals surface area contributed by atoms with Gasteiger partial charge in [0, 0.05) is 31.9 Å². The molecule has 136 valence electrons. The number of carbonyl (C=O) groups excluding carboxylic acids is 1. The van der Waals surface area contributed by atoms with Gasteiger partial charge in [-0.25, -0.2) is 0 Å². The summed E-state index contributed by atoms with van der Waals surface area (Å²) in [5, 5.41) is 18.1. The number of halogens is 3. The van der Waals surface area contributed by atoms with Crippen LogP contribution in [0.1, 0.15) is 37.1 Å². The molecule has 3 heterocycles. The third-order valence-electron chi connectivity index (χ3n) is 4.05. The van der Waals surface area contributed by atoms with Crippen LogP contribution in [0.25, 0.3) is 5.65 Å². The maximum atomic E-state index is 12.8. The Morgan fingerprint density at radius 2 is 2.04 bits per heavy atom. The second-order valence-electron chi connectivity index (χ2n) is 5.92. The van der Waals surface area contributed by atoms with E-state index in [1.807, 2.05) is 0 Å². The number of terminal acetylenes is 1. The summed E-state index contributed by atoms with van der Waals surface area (Å²) < 4.78 is 39.7. The quantitative estimate of drug-likeness (QED) is 0.767. The maximum absolute atomic E-state index is 12.8. The Bertz CT molecular complexity index is 890. The first-order valence-electron chi connectivity index (χ1n) is 7.88. The van der Waals surface area contributed by atoms with Gasteiger partial charge in [-0.05, 0) is 12.1 Å². The molecule has 7 nitrogen and oxygen atoms in total. The number of hydrogen-bond acceptors (Lipinski definition) is 5. The summed E-state index contributed by atoms with van der Waals surface area (Å²) in [6, 6.07) is 2.16. The van der Waals surface area contributed by atoms with Crippen LogP contribution in [0.15, 0.2) is 28.6 Å². The highest BCUT2D eigenvalue weighted by molar-refractivity contribution is 5.75. The van der Waals surface area contributed by atoms with Gasteiger partial charge in [0.25, 0.3) is 0 Å². The van der Waals surface area contributed by atoms with Crippen molar-refractivity contribution >= 4 is 11.6 Å². The van der Waals surface area contributed by atoms with Crippen LogP contribution < -0.4 is 5.32 Å². The monoisotopic (exact) mass is 364 g/mol. The molecule has 1 aliphatic heterocycles. The summed E-state index contributed by atoms with van der Waals surface area (Å²) in [6.45, 7) is -0.0348. The van der Waals surface area contributed by atoms with E-state index >= 15 is 0 Å². The molecule has 1 N–H and O–H groups in total. The smallest absolute Gasteiger partial charge is 0.349 e. The molecule has 0 bridgehead atoms. The van der Waals surface area contributed by atoms with Crippen LogP contribution in [0.3, 0.4) is 0 Å². The van der Waals surface area contributed by atoms with E-state index in [1.54, 1.807) is 0 Å². The van der Waals surface area contributed by atoms with Crippen LogP contribution in [-0.2, 0) is 17.5 Å². The van der Waals surface area contributed by atoms with E-state index in [0.29, 0.717) is 19.3 Å². The van der Waals surface area contributed by atoms with E-state index in [0.717, 1.165) is 12.3 Å². The number of pyridine rings is 1. The zero-order chi connectivity index (χ0) is 18.8. The molecule has 0 saturated heterocycles. The Morgan fingerprint density at radius 1 is 1.27 bits per heavy atom. The molecular formula is C16H15F3N6O. The molecule has 0 atom stereocenters. The predicted octanol–water partition coefficient (Wildman–Crippen LogP) is 2.72. The lowest BCUT2D eigenvalue weighted by atomic mass is 10.0. The number of hydrogen-bond donors (Lipinski definition) is 1. The highest BCUT2D eigenvalue weighted by Gasteiger charge is 2.39. The van der Waals surface area contributed by atoms with E-state index in [-0.39, 0.29) is 30.3 Å². The summed E-state index contributed by atoms with van der Waals surface area (Å²) in [5.74, 6) is 2.45. The van der Waals surface area contributed by atoms with Crippen LogP contribution in [-0.4, -0.2) is 26.2 Å².